The van der Waals surface area contributed by atoms with Gasteiger partial charge in [0, 0.05) is 31.7 Å². The van der Waals surface area contributed by atoms with Gasteiger partial charge >= 0.3 is 0 Å². The molecule has 3 nitrogen and oxygen atoms in total. The number of hydrogen-bond acceptors (Lipinski definition) is 3. The van der Waals surface area contributed by atoms with E-state index in [2.05, 4.69) is 9.80 Å². The fourth-order valence-corrected chi connectivity index (χ4v) is 3.49. The Morgan fingerprint density at radius 2 is 2.05 bits per heavy atom. The zero-order valence-electron chi connectivity index (χ0n) is 12.2. The van der Waals surface area contributed by atoms with Crippen LogP contribution in [0.4, 0.5) is 10.1 Å². The van der Waals surface area contributed by atoms with Crippen molar-refractivity contribution in [3.8, 4) is 0 Å². The van der Waals surface area contributed by atoms with Crippen LogP contribution in [-0.4, -0.2) is 37.1 Å². The Morgan fingerprint density at radius 1 is 1.25 bits per heavy atom. The van der Waals surface area contributed by atoms with Crippen molar-refractivity contribution in [1.29, 1.82) is 0 Å². The third-order valence-corrected chi connectivity index (χ3v) is 4.64. The molecule has 0 amide bonds. The first-order valence-corrected chi connectivity index (χ1v) is 7.69. The lowest BCUT2D eigenvalue weighted by atomic mass is 10.1. The first kappa shape index (κ1) is 13.8. The van der Waals surface area contributed by atoms with Crippen LogP contribution in [0.1, 0.15) is 37.8 Å². The first-order valence-electron chi connectivity index (χ1n) is 7.69. The summed E-state index contributed by atoms with van der Waals surface area (Å²) >= 11 is 0. The van der Waals surface area contributed by atoms with Crippen molar-refractivity contribution >= 4 is 5.69 Å². The van der Waals surface area contributed by atoms with Crippen LogP contribution >= 0.6 is 0 Å². The molecule has 110 valence electrons. The minimum Gasteiger partial charge on any atom is -0.368 e. The van der Waals surface area contributed by atoms with Crippen molar-refractivity contribution in [3.63, 3.8) is 0 Å². The highest BCUT2D eigenvalue weighted by Gasteiger charge is 2.29. The molecule has 0 saturated carbocycles. The van der Waals surface area contributed by atoms with Gasteiger partial charge in [0.2, 0.25) is 0 Å². The standard InChI is InChI=1S/C16H24FN3/c1-12(18)13-5-6-16(15(17)10-13)20-9-3-8-19-7-2-4-14(19)11-20/h5-6,10,12,14H,2-4,7-9,11,18H2,1H3/t12-,14?/m0/s1. The van der Waals surface area contributed by atoms with Gasteiger partial charge < -0.3 is 10.6 Å². The van der Waals surface area contributed by atoms with Crippen molar-refractivity contribution in [2.75, 3.05) is 31.1 Å². The predicted octanol–water partition coefficient (Wildman–Crippen LogP) is 2.52. The molecule has 20 heavy (non-hydrogen) atoms. The summed E-state index contributed by atoms with van der Waals surface area (Å²) in [5, 5.41) is 0. The Kier molecular flexibility index (Phi) is 3.94. The maximum atomic E-state index is 14.4. The summed E-state index contributed by atoms with van der Waals surface area (Å²) in [6, 6.07) is 5.94. The molecule has 2 fully saturated rings. The number of hydrogen-bond donors (Lipinski definition) is 1. The molecule has 2 atom stereocenters. The maximum Gasteiger partial charge on any atom is 0.146 e. The quantitative estimate of drug-likeness (QED) is 0.901. The molecular weight excluding hydrogens is 253 g/mol. The van der Waals surface area contributed by atoms with E-state index in [0.717, 1.165) is 37.3 Å². The Morgan fingerprint density at radius 3 is 2.80 bits per heavy atom. The van der Waals surface area contributed by atoms with Crippen molar-refractivity contribution in [1.82, 2.24) is 4.90 Å². The first-order chi connectivity index (χ1) is 9.65. The minimum absolute atomic E-state index is 0.118. The van der Waals surface area contributed by atoms with E-state index >= 15 is 0 Å². The summed E-state index contributed by atoms with van der Waals surface area (Å²) in [7, 11) is 0. The topological polar surface area (TPSA) is 32.5 Å². The van der Waals surface area contributed by atoms with Crippen LogP contribution in [0.3, 0.4) is 0 Å². The number of halogens is 1. The Balaban J connectivity index is 1.81. The summed E-state index contributed by atoms with van der Waals surface area (Å²) in [5.74, 6) is -0.133. The van der Waals surface area contributed by atoms with Gasteiger partial charge in [-0.2, -0.15) is 0 Å². The van der Waals surface area contributed by atoms with Gasteiger partial charge in [0.1, 0.15) is 5.82 Å². The number of rotatable bonds is 2. The zero-order chi connectivity index (χ0) is 14.1. The second-order valence-corrected chi connectivity index (χ2v) is 6.13. The molecular formula is C16H24FN3. The molecule has 1 aromatic rings. The summed E-state index contributed by atoms with van der Waals surface area (Å²) in [4.78, 5) is 4.78. The third kappa shape index (κ3) is 2.67. The van der Waals surface area contributed by atoms with Gasteiger partial charge in [-0.15, -0.1) is 0 Å². The van der Waals surface area contributed by atoms with E-state index in [1.807, 2.05) is 19.1 Å². The van der Waals surface area contributed by atoms with Gasteiger partial charge in [0.15, 0.2) is 0 Å². The van der Waals surface area contributed by atoms with Gasteiger partial charge in [-0.25, -0.2) is 4.39 Å². The number of nitrogens with two attached hydrogens (primary N) is 1. The van der Waals surface area contributed by atoms with E-state index in [-0.39, 0.29) is 11.9 Å². The van der Waals surface area contributed by atoms with E-state index in [0.29, 0.717) is 6.04 Å². The summed E-state index contributed by atoms with van der Waals surface area (Å²) < 4.78 is 14.4. The van der Waals surface area contributed by atoms with Gasteiger partial charge in [-0.05, 0) is 50.4 Å². The fourth-order valence-electron chi connectivity index (χ4n) is 3.49. The van der Waals surface area contributed by atoms with Crippen molar-refractivity contribution in [2.24, 2.45) is 5.73 Å². The van der Waals surface area contributed by atoms with E-state index in [4.69, 9.17) is 5.73 Å². The summed E-state index contributed by atoms with van der Waals surface area (Å²) in [6.07, 6.45) is 3.64. The molecule has 0 aromatic heterocycles. The molecule has 2 saturated heterocycles. The second kappa shape index (κ2) is 5.70. The predicted molar refractivity (Wildman–Crippen MR) is 80.4 cm³/mol. The van der Waals surface area contributed by atoms with Gasteiger partial charge in [0.25, 0.3) is 0 Å². The van der Waals surface area contributed by atoms with Crippen LogP contribution in [-0.2, 0) is 0 Å². The van der Waals surface area contributed by atoms with Gasteiger partial charge in [-0.1, -0.05) is 6.07 Å². The van der Waals surface area contributed by atoms with Crippen molar-refractivity contribution in [2.45, 2.75) is 38.3 Å². The lowest BCUT2D eigenvalue weighted by Gasteiger charge is -2.28. The molecule has 2 aliphatic rings. The number of nitrogens with zero attached hydrogens (tertiary/aromatic N) is 2. The number of benzene rings is 1. The second-order valence-electron chi connectivity index (χ2n) is 6.13. The number of anilines is 1. The van der Waals surface area contributed by atoms with Crippen molar-refractivity contribution in [3.05, 3.63) is 29.6 Å². The van der Waals surface area contributed by atoms with Gasteiger partial charge in [-0.3, -0.25) is 4.90 Å². The highest BCUT2D eigenvalue weighted by atomic mass is 19.1. The zero-order valence-corrected chi connectivity index (χ0v) is 12.2. The average Bonchev–Trinajstić information content (AvgIpc) is 2.76. The fraction of sp³-hybridized carbons (Fsp3) is 0.625. The maximum absolute atomic E-state index is 14.4. The minimum atomic E-state index is -0.133. The highest BCUT2D eigenvalue weighted by molar-refractivity contribution is 5.50. The summed E-state index contributed by atoms with van der Waals surface area (Å²) in [5.41, 5.74) is 7.42. The smallest absolute Gasteiger partial charge is 0.146 e. The molecule has 1 aromatic carbocycles. The largest absolute Gasteiger partial charge is 0.368 e. The van der Waals surface area contributed by atoms with Crippen LogP contribution in [0.2, 0.25) is 0 Å². The molecule has 2 heterocycles. The number of fused-ring (bicyclic) bond motifs is 1. The molecule has 1 unspecified atom stereocenters. The molecule has 0 aliphatic carbocycles. The third-order valence-electron chi connectivity index (χ3n) is 4.64. The van der Waals surface area contributed by atoms with Crippen LogP contribution in [0.15, 0.2) is 18.2 Å². The molecule has 2 aliphatic heterocycles. The van der Waals surface area contributed by atoms with E-state index in [1.54, 1.807) is 6.07 Å². The SMILES string of the molecule is C[C@H](N)c1ccc(N2CCCN3CCCC3C2)c(F)c1. The lowest BCUT2D eigenvalue weighted by Crippen LogP contribution is -2.37. The molecule has 3 rings (SSSR count). The summed E-state index contributed by atoms with van der Waals surface area (Å²) in [6.45, 7) is 6.15. The van der Waals surface area contributed by atoms with E-state index in [1.165, 1.54) is 19.4 Å². The van der Waals surface area contributed by atoms with Gasteiger partial charge in [0.05, 0.1) is 5.69 Å². The molecule has 0 radical (unpaired) electrons. The molecule has 0 bridgehead atoms. The van der Waals surface area contributed by atoms with Crippen LogP contribution in [0, 0.1) is 5.82 Å². The van der Waals surface area contributed by atoms with Crippen LogP contribution < -0.4 is 10.6 Å². The molecule has 0 spiro atoms. The molecule has 2 N–H and O–H groups in total. The Hall–Kier alpha value is -1.13. The monoisotopic (exact) mass is 277 g/mol. The Labute approximate surface area is 120 Å². The molecule has 4 heteroatoms. The highest BCUT2D eigenvalue weighted by Crippen LogP contribution is 2.28. The van der Waals surface area contributed by atoms with E-state index in [9.17, 15) is 4.39 Å². The van der Waals surface area contributed by atoms with Crippen molar-refractivity contribution < 1.29 is 4.39 Å². The average molecular weight is 277 g/mol. The Bertz CT molecular complexity index is 475. The normalized spacial score (nSPS) is 25.4. The lowest BCUT2D eigenvalue weighted by molar-refractivity contribution is 0.273. The van der Waals surface area contributed by atoms with Crippen LogP contribution in [0.5, 0.6) is 0 Å². The van der Waals surface area contributed by atoms with Crippen LogP contribution in [0.25, 0.3) is 0 Å². The van der Waals surface area contributed by atoms with E-state index < -0.39 is 0 Å².